The van der Waals surface area contributed by atoms with Gasteiger partial charge < -0.3 is 10.1 Å². The second-order valence-corrected chi connectivity index (χ2v) is 8.21. The van der Waals surface area contributed by atoms with Crippen molar-refractivity contribution >= 4 is 11.3 Å². The number of unbranched alkanes of at least 4 members (excludes halogenated alkanes) is 4. The van der Waals surface area contributed by atoms with E-state index in [-0.39, 0.29) is 5.54 Å². The van der Waals surface area contributed by atoms with Gasteiger partial charge in [0.1, 0.15) is 0 Å². The zero-order chi connectivity index (χ0) is 15.7. The zero-order valence-electron chi connectivity index (χ0n) is 14.6. The van der Waals surface area contributed by atoms with Gasteiger partial charge in [-0.2, -0.15) is 0 Å². The van der Waals surface area contributed by atoms with Crippen molar-refractivity contribution in [1.82, 2.24) is 5.32 Å². The summed E-state index contributed by atoms with van der Waals surface area (Å²) < 4.78 is 5.83. The molecule has 0 bridgehead atoms. The molecule has 0 aliphatic rings. The maximum absolute atomic E-state index is 5.83. The van der Waals surface area contributed by atoms with E-state index in [9.17, 15) is 0 Å². The maximum Gasteiger partial charge on any atom is 0.0727 e. The van der Waals surface area contributed by atoms with Gasteiger partial charge in [-0.25, -0.2) is 0 Å². The van der Waals surface area contributed by atoms with Crippen molar-refractivity contribution in [3.05, 3.63) is 21.4 Å². The van der Waals surface area contributed by atoms with Crippen molar-refractivity contribution in [2.75, 3.05) is 6.61 Å². The molecule has 0 atom stereocenters. The molecule has 1 aromatic rings. The third-order valence-corrected chi connectivity index (χ3v) is 4.61. The average Bonchev–Trinajstić information content (AvgIpc) is 2.75. The van der Waals surface area contributed by atoms with E-state index in [2.05, 4.69) is 46.0 Å². The molecule has 0 aromatic carbocycles. The van der Waals surface area contributed by atoms with Crippen LogP contribution in [0.3, 0.4) is 0 Å². The van der Waals surface area contributed by atoms with E-state index in [4.69, 9.17) is 4.74 Å². The fourth-order valence-electron chi connectivity index (χ4n) is 2.16. The Morgan fingerprint density at radius 3 is 2.52 bits per heavy atom. The predicted molar refractivity (Wildman–Crippen MR) is 94.1 cm³/mol. The van der Waals surface area contributed by atoms with E-state index in [0.29, 0.717) is 0 Å². The number of ether oxygens (including phenoxy) is 1. The monoisotopic (exact) mass is 311 g/mol. The van der Waals surface area contributed by atoms with Crippen LogP contribution >= 0.6 is 11.3 Å². The molecule has 0 saturated carbocycles. The summed E-state index contributed by atoms with van der Waals surface area (Å²) in [5.41, 5.74) is 1.53. The lowest BCUT2D eigenvalue weighted by atomic mass is 10.1. The van der Waals surface area contributed by atoms with Crippen LogP contribution in [0.4, 0.5) is 0 Å². The highest BCUT2D eigenvalue weighted by atomic mass is 32.1. The molecular formula is C18H33NOS. The van der Waals surface area contributed by atoms with Crippen LogP contribution in [0.5, 0.6) is 0 Å². The quantitative estimate of drug-likeness (QED) is 0.582. The molecule has 0 radical (unpaired) electrons. The first-order valence-electron chi connectivity index (χ1n) is 8.33. The van der Waals surface area contributed by atoms with Gasteiger partial charge in [0.05, 0.1) is 6.61 Å². The first-order valence-corrected chi connectivity index (χ1v) is 9.15. The van der Waals surface area contributed by atoms with Gasteiger partial charge in [0.15, 0.2) is 0 Å². The summed E-state index contributed by atoms with van der Waals surface area (Å²) in [4.78, 5) is 2.80. The lowest BCUT2D eigenvalue weighted by Gasteiger charge is -2.19. The lowest BCUT2D eigenvalue weighted by molar-refractivity contribution is 0.116. The Morgan fingerprint density at radius 1 is 1.14 bits per heavy atom. The molecule has 0 fully saturated rings. The molecule has 0 spiro atoms. The average molecular weight is 312 g/mol. The number of nitrogens with one attached hydrogen (secondary N) is 1. The number of rotatable bonds is 10. The molecular weight excluding hydrogens is 278 g/mol. The first-order chi connectivity index (χ1) is 9.92. The maximum atomic E-state index is 5.83. The topological polar surface area (TPSA) is 21.3 Å². The van der Waals surface area contributed by atoms with Crippen molar-refractivity contribution < 1.29 is 4.74 Å². The second-order valence-electron chi connectivity index (χ2n) is 6.86. The first kappa shape index (κ1) is 18.7. The van der Waals surface area contributed by atoms with Crippen LogP contribution in [0, 0.1) is 6.92 Å². The molecule has 3 heteroatoms. The molecule has 1 heterocycles. The van der Waals surface area contributed by atoms with E-state index in [1.165, 1.54) is 47.4 Å². The third kappa shape index (κ3) is 8.60. The SMILES string of the molecule is CCCCCCCOCc1cc(CNC(C)(C)C)sc1C. The molecule has 0 unspecified atom stereocenters. The smallest absolute Gasteiger partial charge is 0.0727 e. The molecule has 122 valence electrons. The molecule has 1 N–H and O–H groups in total. The molecule has 0 amide bonds. The third-order valence-electron chi connectivity index (χ3n) is 3.51. The number of hydrogen-bond acceptors (Lipinski definition) is 3. The van der Waals surface area contributed by atoms with Gasteiger partial charge in [-0.15, -0.1) is 11.3 Å². The minimum absolute atomic E-state index is 0.174. The summed E-state index contributed by atoms with van der Waals surface area (Å²) in [6.07, 6.45) is 6.51. The van der Waals surface area contributed by atoms with Gasteiger partial charge in [-0.3, -0.25) is 0 Å². The fraction of sp³-hybridized carbons (Fsp3) is 0.778. The Kier molecular flexibility index (Phi) is 8.53. The predicted octanol–water partition coefficient (Wildman–Crippen LogP) is 5.43. The molecule has 2 nitrogen and oxygen atoms in total. The van der Waals surface area contributed by atoms with Crippen molar-refractivity contribution in [1.29, 1.82) is 0 Å². The van der Waals surface area contributed by atoms with Gasteiger partial charge in [0.25, 0.3) is 0 Å². The van der Waals surface area contributed by atoms with Crippen LogP contribution in [0.25, 0.3) is 0 Å². The van der Waals surface area contributed by atoms with Crippen LogP contribution in [0.1, 0.15) is 75.1 Å². The number of hydrogen-bond donors (Lipinski definition) is 1. The Bertz CT molecular complexity index is 392. The summed E-state index contributed by atoms with van der Waals surface area (Å²) in [6, 6.07) is 2.30. The van der Waals surface area contributed by atoms with Crippen LogP contribution in [-0.4, -0.2) is 12.1 Å². The van der Waals surface area contributed by atoms with Crippen LogP contribution in [-0.2, 0) is 17.9 Å². The van der Waals surface area contributed by atoms with Crippen LogP contribution < -0.4 is 5.32 Å². The van der Waals surface area contributed by atoms with E-state index < -0.39 is 0 Å². The van der Waals surface area contributed by atoms with E-state index in [1.54, 1.807) is 0 Å². The highest BCUT2D eigenvalue weighted by Gasteiger charge is 2.11. The summed E-state index contributed by atoms with van der Waals surface area (Å²) in [7, 11) is 0. The molecule has 1 aromatic heterocycles. The van der Waals surface area contributed by atoms with Gasteiger partial charge >= 0.3 is 0 Å². The molecule has 0 aliphatic carbocycles. The van der Waals surface area contributed by atoms with Crippen molar-refractivity contribution in [2.24, 2.45) is 0 Å². The van der Waals surface area contributed by atoms with Crippen LogP contribution in [0.15, 0.2) is 6.07 Å². The van der Waals surface area contributed by atoms with Gasteiger partial charge in [0, 0.05) is 28.4 Å². The standard InChI is InChI=1S/C18H33NOS/c1-6-7-8-9-10-11-20-14-16-12-17(21-15(16)2)13-19-18(3,4)5/h12,19H,6-11,13-14H2,1-5H3. The Balaban J connectivity index is 2.24. The summed E-state index contributed by atoms with van der Waals surface area (Å²) in [5.74, 6) is 0. The lowest BCUT2D eigenvalue weighted by Crippen LogP contribution is -2.34. The van der Waals surface area contributed by atoms with E-state index >= 15 is 0 Å². The van der Waals surface area contributed by atoms with E-state index in [1.807, 2.05) is 11.3 Å². The highest BCUT2D eigenvalue weighted by Crippen LogP contribution is 2.23. The van der Waals surface area contributed by atoms with Crippen LogP contribution in [0.2, 0.25) is 0 Å². The van der Waals surface area contributed by atoms with Gasteiger partial charge in [-0.1, -0.05) is 32.6 Å². The minimum atomic E-state index is 0.174. The van der Waals surface area contributed by atoms with Gasteiger partial charge in [0.2, 0.25) is 0 Å². The summed E-state index contributed by atoms with van der Waals surface area (Å²) in [5, 5.41) is 3.54. The Morgan fingerprint density at radius 2 is 1.86 bits per heavy atom. The molecule has 0 saturated heterocycles. The minimum Gasteiger partial charge on any atom is -0.377 e. The highest BCUT2D eigenvalue weighted by molar-refractivity contribution is 7.12. The molecule has 1 rings (SSSR count). The Labute approximate surface area is 135 Å². The summed E-state index contributed by atoms with van der Waals surface area (Å²) >= 11 is 1.89. The largest absolute Gasteiger partial charge is 0.377 e. The van der Waals surface area contributed by atoms with Crippen molar-refractivity contribution in [3.8, 4) is 0 Å². The molecule has 0 aliphatic heterocycles. The zero-order valence-corrected chi connectivity index (χ0v) is 15.4. The fourth-order valence-corrected chi connectivity index (χ4v) is 3.15. The number of aryl methyl sites for hydroxylation is 1. The summed E-state index contributed by atoms with van der Waals surface area (Å²) in [6.45, 7) is 13.7. The van der Waals surface area contributed by atoms with Crippen molar-refractivity contribution in [2.45, 2.75) is 85.4 Å². The van der Waals surface area contributed by atoms with E-state index in [0.717, 1.165) is 19.8 Å². The van der Waals surface area contributed by atoms with Crippen molar-refractivity contribution in [3.63, 3.8) is 0 Å². The second kappa shape index (κ2) is 9.60. The molecule has 21 heavy (non-hydrogen) atoms. The number of thiophene rings is 1. The Hall–Kier alpha value is -0.380. The van der Waals surface area contributed by atoms with Gasteiger partial charge in [-0.05, 0) is 45.7 Å². The normalized spacial score (nSPS) is 12.0.